The van der Waals surface area contributed by atoms with E-state index in [2.05, 4.69) is 10.5 Å². The Kier molecular flexibility index (Phi) is 5.76. The molecule has 0 fully saturated rings. The van der Waals surface area contributed by atoms with Crippen LogP contribution in [0.2, 0.25) is 5.02 Å². The maximum Gasteiger partial charge on any atom is 0.276 e. The molecular formula is C17H18ClN3O3. The van der Waals surface area contributed by atoms with Crippen LogP contribution in [0.3, 0.4) is 0 Å². The van der Waals surface area contributed by atoms with Crippen LogP contribution in [0, 0.1) is 0 Å². The van der Waals surface area contributed by atoms with E-state index < -0.39 is 5.91 Å². The van der Waals surface area contributed by atoms with Gasteiger partial charge in [0.25, 0.3) is 11.5 Å². The van der Waals surface area contributed by atoms with Gasteiger partial charge in [-0.3, -0.25) is 9.59 Å². The van der Waals surface area contributed by atoms with Gasteiger partial charge >= 0.3 is 0 Å². The number of hydrazone groups is 1. The molecule has 0 atom stereocenters. The van der Waals surface area contributed by atoms with Crippen LogP contribution in [0.4, 0.5) is 0 Å². The van der Waals surface area contributed by atoms with Crippen molar-refractivity contribution in [2.45, 2.75) is 20.0 Å². The number of nitrogens with zero attached hydrogens (tertiary/aromatic N) is 2. The van der Waals surface area contributed by atoms with Gasteiger partial charge in [0.1, 0.15) is 11.3 Å². The summed E-state index contributed by atoms with van der Waals surface area (Å²) in [5.74, 6) is 0.0129. The van der Waals surface area contributed by atoms with E-state index in [0.717, 1.165) is 0 Å². The average Bonchev–Trinajstić information content (AvgIpc) is 2.52. The lowest BCUT2D eigenvalue weighted by atomic mass is 10.2. The Morgan fingerprint density at radius 2 is 2.12 bits per heavy atom. The summed E-state index contributed by atoms with van der Waals surface area (Å²) in [5.41, 5.74) is 2.65. The first kappa shape index (κ1) is 17.7. The molecule has 1 aromatic carbocycles. The molecule has 126 valence electrons. The Hall–Kier alpha value is -2.60. The largest absolute Gasteiger partial charge is 0.489 e. The van der Waals surface area contributed by atoms with Gasteiger partial charge in [-0.25, -0.2) is 5.43 Å². The van der Waals surface area contributed by atoms with Gasteiger partial charge < -0.3 is 9.30 Å². The van der Waals surface area contributed by atoms with Crippen molar-refractivity contribution in [1.82, 2.24) is 9.99 Å². The van der Waals surface area contributed by atoms with Crippen molar-refractivity contribution < 1.29 is 9.53 Å². The number of halogens is 1. The van der Waals surface area contributed by atoms with Crippen LogP contribution in [-0.4, -0.2) is 22.8 Å². The first-order chi connectivity index (χ1) is 11.4. The van der Waals surface area contributed by atoms with Gasteiger partial charge in [0.2, 0.25) is 0 Å². The molecule has 7 heteroatoms. The van der Waals surface area contributed by atoms with Crippen molar-refractivity contribution in [3.8, 4) is 5.75 Å². The second-order valence-electron chi connectivity index (χ2n) is 5.39. The molecule has 2 rings (SSSR count). The van der Waals surface area contributed by atoms with Crippen molar-refractivity contribution in [1.29, 1.82) is 0 Å². The smallest absolute Gasteiger partial charge is 0.276 e. The second-order valence-corrected chi connectivity index (χ2v) is 5.80. The lowest BCUT2D eigenvalue weighted by Gasteiger charge is -2.11. The van der Waals surface area contributed by atoms with Crippen molar-refractivity contribution in [3.05, 3.63) is 63.0 Å². The van der Waals surface area contributed by atoms with Crippen LogP contribution >= 0.6 is 11.6 Å². The molecule has 2 aromatic rings. The molecular weight excluding hydrogens is 330 g/mol. The second kappa shape index (κ2) is 7.79. The quantitative estimate of drug-likeness (QED) is 0.667. The third-order valence-electron chi connectivity index (χ3n) is 3.07. The topological polar surface area (TPSA) is 72.7 Å². The molecule has 0 aliphatic carbocycles. The minimum atomic E-state index is -0.571. The number of amides is 1. The molecule has 0 aliphatic heterocycles. The molecule has 0 unspecified atom stereocenters. The molecule has 0 spiro atoms. The van der Waals surface area contributed by atoms with Crippen LogP contribution in [0.5, 0.6) is 5.75 Å². The fourth-order valence-electron chi connectivity index (χ4n) is 1.94. The summed E-state index contributed by atoms with van der Waals surface area (Å²) in [7, 11) is 1.57. The zero-order chi connectivity index (χ0) is 17.7. The van der Waals surface area contributed by atoms with E-state index in [1.54, 1.807) is 37.5 Å². The highest BCUT2D eigenvalue weighted by molar-refractivity contribution is 6.32. The molecule has 1 heterocycles. The standard InChI is InChI=1S/C17H18ClN3O3/c1-11(2)24-15-7-6-12(9-14(15)18)10-19-20-16(22)13-5-4-8-21(3)17(13)23/h4-11H,1-3H3,(H,20,22)/b19-10-. The number of hydrogen-bond donors (Lipinski definition) is 1. The first-order valence-corrected chi connectivity index (χ1v) is 7.71. The SMILES string of the molecule is CC(C)Oc1ccc(/C=N\NC(=O)c2cccn(C)c2=O)cc1Cl. The number of ether oxygens (including phenoxy) is 1. The predicted octanol–water partition coefficient (Wildman–Crippen LogP) is 2.59. The van der Waals surface area contributed by atoms with Crippen molar-refractivity contribution in [3.63, 3.8) is 0 Å². The summed E-state index contributed by atoms with van der Waals surface area (Å²) in [4.78, 5) is 23.8. The number of carbonyl (C=O) groups excluding carboxylic acids is 1. The highest BCUT2D eigenvalue weighted by Crippen LogP contribution is 2.25. The molecule has 1 aromatic heterocycles. The summed E-state index contributed by atoms with van der Waals surface area (Å²) in [6.07, 6.45) is 3.04. The van der Waals surface area contributed by atoms with E-state index in [-0.39, 0.29) is 17.2 Å². The van der Waals surface area contributed by atoms with Crippen LogP contribution in [0.15, 0.2) is 46.4 Å². The van der Waals surface area contributed by atoms with Crippen molar-refractivity contribution in [2.75, 3.05) is 0 Å². The molecule has 6 nitrogen and oxygen atoms in total. The number of aryl methyl sites for hydroxylation is 1. The summed E-state index contributed by atoms with van der Waals surface area (Å²) in [5, 5.41) is 4.30. The fraction of sp³-hybridized carbons (Fsp3) is 0.235. The summed E-state index contributed by atoms with van der Waals surface area (Å²) >= 11 is 6.13. The predicted molar refractivity (Wildman–Crippen MR) is 94.0 cm³/mol. The number of hydrogen-bond acceptors (Lipinski definition) is 4. The lowest BCUT2D eigenvalue weighted by molar-refractivity contribution is 0.0953. The Balaban J connectivity index is 2.06. The Morgan fingerprint density at radius 1 is 1.38 bits per heavy atom. The summed E-state index contributed by atoms with van der Waals surface area (Å²) in [6.45, 7) is 3.82. The van der Waals surface area contributed by atoms with Crippen molar-refractivity contribution in [2.24, 2.45) is 12.1 Å². The minimum absolute atomic E-state index is 0.0230. The highest BCUT2D eigenvalue weighted by Gasteiger charge is 2.09. The van der Waals surface area contributed by atoms with E-state index in [4.69, 9.17) is 16.3 Å². The fourth-order valence-corrected chi connectivity index (χ4v) is 2.18. The normalized spacial score (nSPS) is 11.0. The average molecular weight is 348 g/mol. The zero-order valence-corrected chi connectivity index (χ0v) is 14.4. The Bertz CT molecular complexity index is 828. The van der Waals surface area contributed by atoms with Crippen LogP contribution in [-0.2, 0) is 7.05 Å². The number of nitrogens with one attached hydrogen (secondary N) is 1. The molecule has 0 bridgehead atoms. The van der Waals surface area contributed by atoms with Crippen LogP contribution in [0.25, 0.3) is 0 Å². The Labute approximate surface area is 144 Å². The molecule has 0 saturated carbocycles. The van der Waals surface area contributed by atoms with Crippen LogP contribution < -0.4 is 15.7 Å². The molecule has 0 saturated heterocycles. The highest BCUT2D eigenvalue weighted by atomic mass is 35.5. The first-order valence-electron chi connectivity index (χ1n) is 7.33. The number of pyridine rings is 1. The van der Waals surface area contributed by atoms with Crippen molar-refractivity contribution >= 4 is 23.7 Å². The van der Waals surface area contributed by atoms with E-state index in [1.165, 1.54) is 16.8 Å². The maximum absolute atomic E-state index is 12.0. The van der Waals surface area contributed by atoms with Gasteiger partial charge in [0, 0.05) is 13.2 Å². The van der Waals surface area contributed by atoms with Gasteiger partial charge in [-0.05, 0) is 49.7 Å². The molecule has 1 N–H and O–H groups in total. The molecule has 0 aliphatic rings. The van der Waals surface area contributed by atoms with E-state index >= 15 is 0 Å². The Morgan fingerprint density at radius 3 is 2.79 bits per heavy atom. The molecule has 0 radical (unpaired) electrons. The van der Waals surface area contributed by atoms with Crippen LogP contribution in [0.1, 0.15) is 29.8 Å². The van der Waals surface area contributed by atoms with E-state index in [1.807, 2.05) is 13.8 Å². The summed E-state index contributed by atoms with van der Waals surface area (Å²) in [6, 6.07) is 8.24. The minimum Gasteiger partial charge on any atom is -0.489 e. The zero-order valence-electron chi connectivity index (χ0n) is 13.6. The van der Waals surface area contributed by atoms with Gasteiger partial charge in [0.15, 0.2) is 0 Å². The van der Waals surface area contributed by atoms with Gasteiger partial charge in [-0.1, -0.05) is 11.6 Å². The number of benzene rings is 1. The maximum atomic E-state index is 12.0. The van der Waals surface area contributed by atoms with E-state index in [9.17, 15) is 9.59 Å². The van der Waals surface area contributed by atoms with Gasteiger partial charge in [-0.2, -0.15) is 5.10 Å². The number of rotatable bonds is 5. The third-order valence-corrected chi connectivity index (χ3v) is 3.36. The molecule has 1 amide bonds. The van der Waals surface area contributed by atoms with E-state index in [0.29, 0.717) is 16.3 Å². The van der Waals surface area contributed by atoms with Gasteiger partial charge in [-0.15, -0.1) is 0 Å². The third kappa shape index (κ3) is 4.45. The van der Waals surface area contributed by atoms with Gasteiger partial charge in [0.05, 0.1) is 17.3 Å². The monoisotopic (exact) mass is 347 g/mol. The number of carbonyl (C=O) groups is 1. The lowest BCUT2D eigenvalue weighted by Crippen LogP contribution is -2.29. The summed E-state index contributed by atoms with van der Waals surface area (Å²) < 4.78 is 6.87. The molecule has 24 heavy (non-hydrogen) atoms. The number of aromatic nitrogens is 1.